The number of carbonyl (C=O) groups excluding carboxylic acids is 1. The second kappa shape index (κ2) is 7.69. The molecule has 0 N–H and O–H groups in total. The third-order valence-corrected chi connectivity index (χ3v) is 6.30. The van der Waals surface area contributed by atoms with Gasteiger partial charge in [0.15, 0.2) is 0 Å². The molecule has 27 heavy (non-hydrogen) atoms. The molecule has 0 saturated carbocycles. The predicted octanol–water partition coefficient (Wildman–Crippen LogP) is 2.18. The first kappa shape index (κ1) is 19.4. The van der Waals surface area contributed by atoms with Crippen LogP contribution >= 0.6 is 0 Å². The molecule has 1 fully saturated rings. The van der Waals surface area contributed by atoms with Gasteiger partial charge in [0.25, 0.3) is 0 Å². The summed E-state index contributed by atoms with van der Waals surface area (Å²) in [6.45, 7) is 0.326. The van der Waals surface area contributed by atoms with E-state index in [-0.39, 0.29) is 38.5 Å². The Bertz CT molecular complexity index is 941. The topological polar surface area (TPSA) is 57.7 Å². The van der Waals surface area contributed by atoms with E-state index in [1.165, 1.54) is 29.2 Å². The lowest BCUT2D eigenvalue weighted by atomic mass is 10.1. The number of halogens is 3. The van der Waals surface area contributed by atoms with Crippen LogP contribution in [0.3, 0.4) is 0 Å². The van der Waals surface area contributed by atoms with Crippen molar-refractivity contribution in [3.63, 3.8) is 0 Å². The standard InChI is InChI=1S/C18H17F3N2O3S/c19-14-3-1-13(2-4-14)11-18(24)22-7-9-23(10-8-22)27(25,26)17-6-5-15(20)12-16(17)21/h1-6,12H,7-11H2. The van der Waals surface area contributed by atoms with Crippen molar-refractivity contribution < 1.29 is 26.4 Å². The Balaban J connectivity index is 1.64. The van der Waals surface area contributed by atoms with Crippen LogP contribution in [0, 0.1) is 17.5 Å². The summed E-state index contributed by atoms with van der Waals surface area (Å²) < 4.78 is 65.9. The zero-order chi connectivity index (χ0) is 19.6. The highest BCUT2D eigenvalue weighted by molar-refractivity contribution is 7.89. The summed E-state index contributed by atoms with van der Waals surface area (Å²) in [7, 11) is -4.11. The van der Waals surface area contributed by atoms with Gasteiger partial charge < -0.3 is 4.90 Å². The molecular weight excluding hydrogens is 381 g/mol. The third-order valence-electron chi connectivity index (χ3n) is 4.37. The van der Waals surface area contributed by atoms with Gasteiger partial charge in [0.2, 0.25) is 15.9 Å². The first-order valence-corrected chi connectivity index (χ1v) is 9.69. The molecule has 9 heteroatoms. The number of piperazine rings is 1. The Hall–Kier alpha value is -2.39. The molecule has 0 aliphatic carbocycles. The van der Waals surface area contributed by atoms with Crippen molar-refractivity contribution in [1.29, 1.82) is 0 Å². The van der Waals surface area contributed by atoms with Gasteiger partial charge in [-0.25, -0.2) is 21.6 Å². The van der Waals surface area contributed by atoms with E-state index in [4.69, 9.17) is 0 Å². The van der Waals surface area contributed by atoms with E-state index in [2.05, 4.69) is 0 Å². The molecule has 144 valence electrons. The number of carbonyl (C=O) groups is 1. The molecule has 0 spiro atoms. The Labute approximate surface area is 155 Å². The highest BCUT2D eigenvalue weighted by atomic mass is 32.2. The van der Waals surface area contributed by atoms with Gasteiger partial charge in [0, 0.05) is 32.2 Å². The number of nitrogens with zero attached hydrogens (tertiary/aromatic N) is 2. The van der Waals surface area contributed by atoms with E-state index >= 15 is 0 Å². The Morgan fingerprint density at radius 3 is 2.07 bits per heavy atom. The molecule has 1 aliphatic rings. The number of hydrogen-bond donors (Lipinski definition) is 0. The monoisotopic (exact) mass is 398 g/mol. The van der Waals surface area contributed by atoms with Crippen LogP contribution in [0.2, 0.25) is 0 Å². The van der Waals surface area contributed by atoms with Gasteiger partial charge >= 0.3 is 0 Å². The lowest BCUT2D eigenvalue weighted by Gasteiger charge is -2.34. The first-order valence-electron chi connectivity index (χ1n) is 8.25. The SMILES string of the molecule is O=C(Cc1ccc(F)cc1)N1CCN(S(=O)(=O)c2ccc(F)cc2F)CC1. The number of rotatable bonds is 4. The summed E-state index contributed by atoms with van der Waals surface area (Å²) in [6, 6.07) is 7.88. The molecule has 0 aromatic heterocycles. The minimum absolute atomic E-state index is 0.00824. The fourth-order valence-electron chi connectivity index (χ4n) is 2.89. The molecule has 3 rings (SSSR count). The van der Waals surface area contributed by atoms with Crippen LogP contribution in [0.5, 0.6) is 0 Å². The molecule has 1 aliphatic heterocycles. The number of benzene rings is 2. The summed E-state index contributed by atoms with van der Waals surface area (Å²) in [4.78, 5) is 13.3. The minimum Gasteiger partial charge on any atom is -0.340 e. The van der Waals surface area contributed by atoms with Gasteiger partial charge in [0.1, 0.15) is 22.3 Å². The van der Waals surface area contributed by atoms with Crippen molar-refractivity contribution in [2.45, 2.75) is 11.3 Å². The van der Waals surface area contributed by atoms with E-state index in [1.54, 1.807) is 0 Å². The van der Waals surface area contributed by atoms with Gasteiger partial charge in [-0.3, -0.25) is 4.79 Å². The van der Waals surface area contributed by atoms with E-state index in [0.29, 0.717) is 11.6 Å². The van der Waals surface area contributed by atoms with Crippen LogP contribution < -0.4 is 0 Å². The lowest BCUT2D eigenvalue weighted by molar-refractivity contribution is -0.131. The minimum atomic E-state index is -4.11. The maximum absolute atomic E-state index is 13.8. The average Bonchev–Trinajstić information content (AvgIpc) is 2.63. The Kier molecular flexibility index (Phi) is 5.52. The second-order valence-electron chi connectivity index (χ2n) is 6.16. The fourth-order valence-corrected chi connectivity index (χ4v) is 4.36. The lowest BCUT2D eigenvalue weighted by Crippen LogP contribution is -2.51. The molecule has 2 aromatic carbocycles. The normalized spacial score (nSPS) is 15.7. The largest absolute Gasteiger partial charge is 0.340 e. The van der Waals surface area contributed by atoms with Crippen LogP contribution in [0.1, 0.15) is 5.56 Å². The number of sulfonamides is 1. The van der Waals surface area contributed by atoms with E-state index in [9.17, 15) is 26.4 Å². The summed E-state index contributed by atoms with van der Waals surface area (Å²) in [5.41, 5.74) is 0.657. The fraction of sp³-hybridized carbons (Fsp3) is 0.278. The summed E-state index contributed by atoms with van der Waals surface area (Å²) in [5.74, 6) is -2.60. The molecular formula is C18H17F3N2O3S. The van der Waals surface area contributed by atoms with Crippen LogP contribution in [0.4, 0.5) is 13.2 Å². The highest BCUT2D eigenvalue weighted by Crippen LogP contribution is 2.21. The van der Waals surface area contributed by atoms with E-state index in [0.717, 1.165) is 16.4 Å². The average molecular weight is 398 g/mol. The summed E-state index contributed by atoms with van der Waals surface area (Å²) in [6.07, 6.45) is 0.0830. The van der Waals surface area contributed by atoms with Crippen molar-refractivity contribution in [3.8, 4) is 0 Å². The van der Waals surface area contributed by atoms with Crippen molar-refractivity contribution in [1.82, 2.24) is 9.21 Å². The van der Waals surface area contributed by atoms with E-state index in [1.807, 2.05) is 0 Å². The molecule has 5 nitrogen and oxygen atoms in total. The third kappa shape index (κ3) is 4.30. The zero-order valence-corrected chi connectivity index (χ0v) is 15.1. The second-order valence-corrected chi connectivity index (χ2v) is 8.07. The number of amides is 1. The maximum Gasteiger partial charge on any atom is 0.246 e. The van der Waals surface area contributed by atoms with Crippen LogP contribution in [-0.4, -0.2) is 49.7 Å². The molecule has 0 radical (unpaired) electrons. The van der Waals surface area contributed by atoms with Gasteiger partial charge in [-0.2, -0.15) is 4.31 Å². The van der Waals surface area contributed by atoms with Crippen molar-refractivity contribution in [3.05, 3.63) is 65.5 Å². The number of hydrogen-bond acceptors (Lipinski definition) is 3. The Morgan fingerprint density at radius 1 is 0.889 bits per heavy atom. The van der Waals surface area contributed by atoms with Crippen molar-refractivity contribution in [2.75, 3.05) is 26.2 Å². The molecule has 0 unspecified atom stereocenters. The quantitative estimate of drug-likeness (QED) is 0.793. The molecule has 2 aromatic rings. The van der Waals surface area contributed by atoms with Crippen molar-refractivity contribution >= 4 is 15.9 Å². The smallest absolute Gasteiger partial charge is 0.246 e. The molecule has 1 amide bonds. The van der Waals surface area contributed by atoms with Crippen LogP contribution in [0.25, 0.3) is 0 Å². The molecule has 1 saturated heterocycles. The zero-order valence-electron chi connectivity index (χ0n) is 14.2. The summed E-state index contributed by atoms with van der Waals surface area (Å²) in [5, 5.41) is 0. The van der Waals surface area contributed by atoms with Crippen LogP contribution in [-0.2, 0) is 21.2 Å². The predicted molar refractivity (Wildman–Crippen MR) is 91.8 cm³/mol. The Morgan fingerprint density at radius 2 is 1.48 bits per heavy atom. The molecule has 1 heterocycles. The van der Waals surface area contributed by atoms with Gasteiger partial charge in [-0.05, 0) is 29.8 Å². The molecule has 0 atom stereocenters. The molecule has 0 bridgehead atoms. The highest BCUT2D eigenvalue weighted by Gasteiger charge is 2.32. The summed E-state index contributed by atoms with van der Waals surface area (Å²) >= 11 is 0. The van der Waals surface area contributed by atoms with Crippen LogP contribution in [0.15, 0.2) is 47.4 Å². The maximum atomic E-state index is 13.8. The first-order chi connectivity index (χ1) is 12.8. The van der Waals surface area contributed by atoms with E-state index < -0.39 is 32.4 Å². The van der Waals surface area contributed by atoms with Gasteiger partial charge in [0.05, 0.1) is 6.42 Å². The van der Waals surface area contributed by atoms with Crippen molar-refractivity contribution in [2.24, 2.45) is 0 Å². The van der Waals surface area contributed by atoms with Gasteiger partial charge in [-0.1, -0.05) is 12.1 Å². The van der Waals surface area contributed by atoms with Gasteiger partial charge in [-0.15, -0.1) is 0 Å².